The van der Waals surface area contributed by atoms with Crippen molar-refractivity contribution in [3.63, 3.8) is 0 Å². The van der Waals surface area contributed by atoms with Crippen LogP contribution in [-0.4, -0.2) is 11.1 Å². The standard InChI is InChI=1S/C23H32O3/c1-15-7-6-8-21-22(15,4)12-11-16(2)23(21,5)14-18-13-19(26-17(3)24)9-10-20(18)25/h7,9-10,13,16,21,25H,6,8,11-12,14H2,1-5H3/t16-,21-,22+,23-/m0/s1. The maximum absolute atomic E-state index is 11.3. The lowest BCUT2D eigenvalue weighted by atomic mass is 9.47. The molecule has 0 aromatic heterocycles. The zero-order valence-corrected chi connectivity index (χ0v) is 16.8. The number of carbonyl (C=O) groups is 1. The Hall–Kier alpha value is -1.77. The molecular formula is C23H32O3. The highest BCUT2D eigenvalue weighted by molar-refractivity contribution is 5.69. The van der Waals surface area contributed by atoms with Gasteiger partial charge in [0.2, 0.25) is 0 Å². The topological polar surface area (TPSA) is 46.5 Å². The van der Waals surface area contributed by atoms with E-state index < -0.39 is 0 Å². The molecule has 3 heteroatoms. The number of esters is 1. The van der Waals surface area contributed by atoms with Crippen molar-refractivity contribution in [2.24, 2.45) is 22.7 Å². The molecule has 142 valence electrons. The van der Waals surface area contributed by atoms with Crippen molar-refractivity contribution in [3.8, 4) is 11.5 Å². The highest BCUT2D eigenvalue weighted by Gasteiger charge is 2.53. The summed E-state index contributed by atoms with van der Waals surface area (Å²) in [5.41, 5.74) is 2.77. The first-order chi connectivity index (χ1) is 12.2. The summed E-state index contributed by atoms with van der Waals surface area (Å²) in [7, 11) is 0. The molecule has 1 fully saturated rings. The van der Waals surface area contributed by atoms with E-state index in [-0.39, 0.29) is 16.8 Å². The van der Waals surface area contributed by atoms with E-state index in [4.69, 9.17) is 4.74 Å². The van der Waals surface area contributed by atoms with Crippen molar-refractivity contribution in [1.29, 1.82) is 0 Å². The van der Waals surface area contributed by atoms with Crippen LogP contribution in [-0.2, 0) is 11.2 Å². The van der Waals surface area contributed by atoms with Crippen LogP contribution in [0.2, 0.25) is 0 Å². The number of phenols is 1. The van der Waals surface area contributed by atoms with Gasteiger partial charge in [-0.15, -0.1) is 0 Å². The Labute approximate surface area is 157 Å². The predicted octanol–water partition coefficient (Wildman–Crippen LogP) is 5.66. The molecule has 0 saturated heterocycles. The van der Waals surface area contributed by atoms with Gasteiger partial charge in [0, 0.05) is 6.92 Å². The molecule has 1 N–H and O–H groups in total. The summed E-state index contributed by atoms with van der Waals surface area (Å²) >= 11 is 0. The molecule has 0 amide bonds. The fraction of sp³-hybridized carbons (Fsp3) is 0.609. The monoisotopic (exact) mass is 356 g/mol. The highest BCUT2D eigenvalue weighted by Crippen LogP contribution is 2.61. The molecule has 26 heavy (non-hydrogen) atoms. The van der Waals surface area contributed by atoms with Crippen molar-refractivity contribution in [2.75, 3.05) is 0 Å². The van der Waals surface area contributed by atoms with Crippen LogP contribution in [0.1, 0.15) is 65.9 Å². The minimum Gasteiger partial charge on any atom is -0.508 e. The molecule has 4 atom stereocenters. The number of hydrogen-bond donors (Lipinski definition) is 1. The van der Waals surface area contributed by atoms with Crippen LogP contribution in [0.15, 0.2) is 29.8 Å². The molecule has 3 rings (SSSR count). The first-order valence-corrected chi connectivity index (χ1v) is 9.84. The SMILES string of the molecule is CC(=O)Oc1ccc(O)c(C[C@]2(C)[C@H]3CCC=C(C)[C@@]3(C)CC[C@@H]2C)c1. The first kappa shape index (κ1) is 19.0. The fourth-order valence-corrected chi connectivity index (χ4v) is 5.55. The van der Waals surface area contributed by atoms with Gasteiger partial charge in [0.15, 0.2) is 0 Å². The van der Waals surface area contributed by atoms with E-state index in [1.54, 1.807) is 12.1 Å². The third kappa shape index (κ3) is 3.17. The van der Waals surface area contributed by atoms with Crippen LogP contribution in [0, 0.1) is 22.7 Å². The lowest BCUT2D eigenvalue weighted by molar-refractivity contribution is -0.131. The molecule has 1 saturated carbocycles. The van der Waals surface area contributed by atoms with Crippen LogP contribution in [0.5, 0.6) is 11.5 Å². The van der Waals surface area contributed by atoms with E-state index >= 15 is 0 Å². The van der Waals surface area contributed by atoms with Crippen LogP contribution < -0.4 is 4.74 Å². The smallest absolute Gasteiger partial charge is 0.308 e. The second kappa shape index (κ2) is 6.75. The number of hydrogen-bond acceptors (Lipinski definition) is 3. The zero-order valence-electron chi connectivity index (χ0n) is 16.8. The van der Waals surface area contributed by atoms with Gasteiger partial charge >= 0.3 is 5.97 Å². The third-order valence-electron chi connectivity index (χ3n) is 7.48. The summed E-state index contributed by atoms with van der Waals surface area (Å²) in [6, 6.07) is 5.15. The number of fused-ring (bicyclic) bond motifs is 1. The van der Waals surface area contributed by atoms with Crippen molar-refractivity contribution < 1.29 is 14.6 Å². The van der Waals surface area contributed by atoms with E-state index in [0.717, 1.165) is 18.4 Å². The lowest BCUT2D eigenvalue weighted by Crippen LogP contribution is -2.50. The number of aromatic hydroxyl groups is 1. The van der Waals surface area contributed by atoms with Crippen molar-refractivity contribution >= 4 is 5.97 Å². The van der Waals surface area contributed by atoms with Crippen LogP contribution in [0.3, 0.4) is 0 Å². The fourth-order valence-electron chi connectivity index (χ4n) is 5.55. The average Bonchev–Trinajstić information content (AvgIpc) is 2.56. The number of carbonyl (C=O) groups excluding carboxylic acids is 1. The molecular weight excluding hydrogens is 324 g/mol. The first-order valence-electron chi connectivity index (χ1n) is 9.84. The van der Waals surface area contributed by atoms with Gasteiger partial charge in [-0.05, 0) is 85.5 Å². The van der Waals surface area contributed by atoms with Gasteiger partial charge in [-0.1, -0.05) is 32.4 Å². The second-order valence-corrected chi connectivity index (χ2v) is 8.94. The van der Waals surface area contributed by atoms with Crippen molar-refractivity contribution in [1.82, 2.24) is 0 Å². The van der Waals surface area contributed by atoms with Gasteiger partial charge < -0.3 is 9.84 Å². The predicted molar refractivity (Wildman–Crippen MR) is 104 cm³/mol. The Balaban J connectivity index is 1.97. The molecule has 0 aliphatic heterocycles. The quantitative estimate of drug-likeness (QED) is 0.432. The molecule has 2 aliphatic carbocycles. The summed E-state index contributed by atoms with van der Waals surface area (Å²) in [4.78, 5) is 11.3. The molecule has 0 radical (unpaired) electrons. The molecule has 1 aromatic rings. The summed E-state index contributed by atoms with van der Waals surface area (Å²) in [6.45, 7) is 10.9. The summed E-state index contributed by atoms with van der Waals surface area (Å²) in [5, 5.41) is 10.5. The van der Waals surface area contributed by atoms with Crippen LogP contribution in [0.4, 0.5) is 0 Å². The number of benzene rings is 1. The third-order valence-corrected chi connectivity index (χ3v) is 7.48. The highest BCUT2D eigenvalue weighted by atomic mass is 16.5. The summed E-state index contributed by atoms with van der Waals surface area (Å²) in [5.74, 6) is 1.66. The van der Waals surface area contributed by atoms with E-state index in [1.165, 1.54) is 31.8 Å². The molecule has 0 bridgehead atoms. The van der Waals surface area contributed by atoms with Gasteiger partial charge in [-0.3, -0.25) is 4.79 Å². The maximum Gasteiger partial charge on any atom is 0.308 e. The normalized spacial score (nSPS) is 34.0. The van der Waals surface area contributed by atoms with Crippen LogP contribution in [0.25, 0.3) is 0 Å². The van der Waals surface area contributed by atoms with Gasteiger partial charge in [-0.25, -0.2) is 0 Å². The molecule has 1 aromatic carbocycles. The number of phenolic OH excluding ortho intramolecular Hbond substituents is 1. The largest absolute Gasteiger partial charge is 0.508 e. The Morgan fingerprint density at radius 1 is 1.31 bits per heavy atom. The molecule has 2 aliphatic rings. The summed E-state index contributed by atoms with van der Waals surface area (Å²) in [6.07, 6.45) is 8.04. The minimum absolute atomic E-state index is 0.106. The van der Waals surface area contributed by atoms with Gasteiger partial charge in [0.05, 0.1) is 0 Å². The van der Waals surface area contributed by atoms with Crippen molar-refractivity contribution in [2.45, 2.75) is 66.7 Å². The van der Waals surface area contributed by atoms with E-state index in [1.807, 2.05) is 6.07 Å². The van der Waals surface area contributed by atoms with E-state index in [0.29, 0.717) is 23.3 Å². The molecule has 0 unspecified atom stereocenters. The second-order valence-electron chi connectivity index (χ2n) is 8.94. The zero-order chi connectivity index (χ0) is 19.1. The van der Waals surface area contributed by atoms with E-state index in [2.05, 4.69) is 33.8 Å². The minimum atomic E-state index is -0.334. The average molecular weight is 357 g/mol. The molecule has 0 heterocycles. The Morgan fingerprint density at radius 3 is 2.73 bits per heavy atom. The maximum atomic E-state index is 11.3. The van der Waals surface area contributed by atoms with Gasteiger partial charge in [0.25, 0.3) is 0 Å². The Kier molecular flexibility index (Phi) is 4.94. The number of ether oxygens (including phenoxy) is 1. The molecule has 3 nitrogen and oxygen atoms in total. The number of rotatable bonds is 3. The van der Waals surface area contributed by atoms with Crippen LogP contribution >= 0.6 is 0 Å². The lowest BCUT2D eigenvalue weighted by Gasteiger charge is -2.58. The van der Waals surface area contributed by atoms with E-state index in [9.17, 15) is 9.90 Å². The summed E-state index contributed by atoms with van der Waals surface area (Å²) < 4.78 is 5.24. The number of allylic oxidation sites excluding steroid dienone is 2. The van der Waals surface area contributed by atoms with Gasteiger partial charge in [0.1, 0.15) is 11.5 Å². The van der Waals surface area contributed by atoms with Crippen molar-refractivity contribution in [3.05, 3.63) is 35.4 Å². The Bertz CT molecular complexity index is 735. The van der Waals surface area contributed by atoms with Gasteiger partial charge in [-0.2, -0.15) is 0 Å². The molecule has 0 spiro atoms. The Morgan fingerprint density at radius 2 is 2.04 bits per heavy atom.